The molecular formula is C44H49BrF2N3O14P. The van der Waals surface area contributed by atoms with Gasteiger partial charge in [0.05, 0.1) is 24.1 Å². The molecule has 7 rings (SSSR count). The average Bonchev–Trinajstić information content (AvgIpc) is 3.75. The lowest BCUT2D eigenvalue weighted by molar-refractivity contribution is -0.235. The predicted octanol–water partition coefficient (Wildman–Crippen LogP) is 3.84. The van der Waals surface area contributed by atoms with Crippen molar-refractivity contribution in [3.05, 3.63) is 89.0 Å². The molecule has 0 unspecified atom stereocenters. The van der Waals surface area contributed by atoms with E-state index >= 15 is 8.78 Å². The van der Waals surface area contributed by atoms with Crippen LogP contribution < -0.4 is 16.0 Å². The van der Waals surface area contributed by atoms with Gasteiger partial charge < -0.3 is 45.4 Å². The summed E-state index contributed by atoms with van der Waals surface area (Å²) in [5.74, 6) is -6.50. The summed E-state index contributed by atoms with van der Waals surface area (Å²) in [6.07, 6.45) is -3.67. The maximum atomic E-state index is 17.9. The zero-order valence-electron chi connectivity index (χ0n) is 35.2. The van der Waals surface area contributed by atoms with E-state index in [1.165, 1.54) is 13.0 Å². The van der Waals surface area contributed by atoms with Gasteiger partial charge in [-0.2, -0.15) is 0 Å². The highest BCUT2D eigenvalue weighted by atomic mass is 79.9. The number of nitrogens with one attached hydrogen (secondary N) is 3. The monoisotopic (exact) mass is 991 g/mol. The van der Waals surface area contributed by atoms with Crippen molar-refractivity contribution in [1.82, 2.24) is 10.6 Å². The number of allylic oxidation sites excluding steroid dienone is 4. The number of carboxylic acid groups (broad SMARTS) is 1. The Balaban J connectivity index is 1.12. The van der Waals surface area contributed by atoms with Gasteiger partial charge in [-0.15, -0.1) is 0 Å². The van der Waals surface area contributed by atoms with E-state index in [9.17, 15) is 53.3 Å². The van der Waals surface area contributed by atoms with Crippen LogP contribution in [-0.2, 0) is 53.8 Å². The van der Waals surface area contributed by atoms with Crippen molar-refractivity contribution in [2.45, 2.75) is 94.4 Å². The van der Waals surface area contributed by atoms with Crippen molar-refractivity contribution < 1.29 is 76.1 Å². The van der Waals surface area contributed by atoms with Crippen molar-refractivity contribution in [3.63, 3.8) is 0 Å². The minimum absolute atomic E-state index is 0.0450. The number of benzene rings is 2. The minimum atomic E-state index is -5.19. The number of aliphatic hydroxyl groups is 1. The van der Waals surface area contributed by atoms with Crippen LogP contribution in [0.15, 0.2) is 72.3 Å². The van der Waals surface area contributed by atoms with Crippen LogP contribution in [0, 0.1) is 22.7 Å². The Morgan fingerprint density at radius 2 is 1.74 bits per heavy atom. The van der Waals surface area contributed by atoms with Crippen molar-refractivity contribution in [2.24, 2.45) is 22.7 Å². The highest BCUT2D eigenvalue weighted by Crippen LogP contribution is 2.72. The van der Waals surface area contributed by atoms with Crippen LogP contribution in [-0.4, -0.2) is 109 Å². The van der Waals surface area contributed by atoms with E-state index in [1.54, 1.807) is 55.5 Å². The molecule has 2 aromatic carbocycles. The molecule has 3 saturated carbocycles. The lowest BCUT2D eigenvalue weighted by Crippen LogP contribution is -2.70. The second-order valence-electron chi connectivity index (χ2n) is 17.7. The number of carbonyl (C=O) groups is 6. The Morgan fingerprint density at radius 1 is 1.03 bits per heavy atom. The van der Waals surface area contributed by atoms with Crippen LogP contribution in [0.4, 0.5) is 14.5 Å². The molecule has 0 spiro atoms. The summed E-state index contributed by atoms with van der Waals surface area (Å²) in [6.45, 7) is 1.51. The molecule has 0 aromatic heterocycles. The van der Waals surface area contributed by atoms with E-state index in [0.29, 0.717) is 22.4 Å². The number of alkyl halides is 3. The number of halogens is 3. The lowest BCUT2D eigenvalue weighted by Gasteiger charge is -2.63. The number of fused-ring (bicyclic) bond motifs is 7. The van der Waals surface area contributed by atoms with Gasteiger partial charge in [0.15, 0.2) is 29.1 Å². The van der Waals surface area contributed by atoms with Gasteiger partial charge in [0.1, 0.15) is 18.8 Å². The zero-order valence-corrected chi connectivity index (χ0v) is 37.7. The summed E-state index contributed by atoms with van der Waals surface area (Å²) < 4.78 is 63.7. The molecular weight excluding hydrogens is 943 g/mol. The number of aliphatic carboxylic acids is 1. The molecule has 1 aliphatic heterocycles. The molecule has 2 aromatic rings. The number of Topliss-reactive ketones (excluding diaryl/α,β-unsaturated/α-hetero) is 1. The maximum absolute atomic E-state index is 17.9. The van der Waals surface area contributed by atoms with Crippen LogP contribution in [0.5, 0.6) is 0 Å². The van der Waals surface area contributed by atoms with Crippen molar-refractivity contribution in [2.75, 3.05) is 23.8 Å². The third kappa shape index (κ3) is 9.03. The summed E-state index contributed by atoms with van der Waals surface area (Å²) in [4.78, 5) is 94.5. The second-order valence-corrected chi connectivity index (χ2v) is 19.5. The SMILES string of the molecule is C[C@]12C=CC(=O)C=C1[C@@H](F)C[C@H]1[C@@H]3C[C@H]4O[C@@H](c5cccc(Cc6cccc(NC(=O)[C@H](CCC(=O)O)NC(=O)CNC(=O)CBr)c6)c5)O[C@@]4(C(=O)COP(=O)(O)O)[C@@]3(C)C[C@H](O)[C@@]12F. The molecule has 5 aliphatic rings. The van der Waals surface area contributed by atoms with E-state index in [0.717, 1.165) is 12.2 Å². The molecule has 4 aliphatic carbocycles. The molecule has 3 amide bonds. The number of aliphatic hydroxyl groups excluding tert-OH is 1. The van der Waals surface area contributed by atoms with Gasteiger partial charge in [-0.05, 0) is 85.9 Å². The first-order chi connectivity index (χ1) is 30.5. The molecule has 7 N–H and O–H groups in total. The smallest absolute Gasteiger partial charge is 0.470 e. The van der Waals surface area contributed by atoms with E-state index in [-0.39, 0.29) is 30.2 Å². The third-order valence-corrected chi connectivity index (χ3v) is 14.8. The number of phosphoric acid groups is 1. The fraction of sp³-hybridized carbons (Fsp3) is 0.500. The molecule has 350 valence electrons. The second kappa shape index (κ2) is 18.3. The molecule has 1 heterocycles. The van der Waals surface area contributed by atoms with Gasteiger partial charge in [0.2, 0.25) is 17.7 Å². The standard InChI is InChI=1S/C44H49BrF2N3O14P/c1-41-12-11-27(51)16-30(41)31(46)17-29-28-18-35-44(34(53)22-62-65(59,60)61,42(28,2)19-33(52)43(29,41)47)64-40(63-35)25-7-3-5-23(14-25)13-24-6-4-8-26(15-24)49-39(58)32(9-10-38(56)57)50-37(55)21-48-36(54)20-45/h3-8,11-12,14-16,28-29,31-33,35,40,52H,9-10,13,17-22H2,1-2H3,(H,48,54)(H,49,58)(H,50,55)(H,56,57)(H2,59,60,61)/t28-,29-,31-,32-,33-,35+,40+,41-,42-,43-,44+/m0/s1. The first-order valence-corrected chi connectivity index (χ1v) is 23.5. The number of phosphoric ester groups is 1. The van der Waals surface area contributed by atoms with E-state index in [4.69, 9.17) is 9.47 Å². The van der Waals surface area contributed by atoms with Gasteiger partial charge in [-0.3, -0.25) is 33.3 Å². The van der Waals surface area contributed by atoms with Gasteiger partial charge in [-0.25, -0.2) is 13.3 Å². The van der Waals surface area contributed by atoms with E-state index in [2.05, 4.69) is 36.4 Å². The first-order valence-electron chi connectivity index (χ1n) is 20.9. The Bertz CT molecular complexity index is 2400. The highest BCUT2D eigenvalue weighted by molar-refractivity contribution is 9.09. The fourth-order valence-electron chi connectivity index (χ4n) is 10.9. The molecule has 4 fully saturated rings. The Labute approximate surface area is 380 Å². The zero-order chi connectivity index (χ0) is 47.3. The number of hydrogen-bond donors (Lipinski definition) is 7. The molecule has 1 saturated heterocycles. The van der Waals surface area contributed by atoms with Crippen LogP contribution in [0.3, 0.4) is 0 Å². The summed E-state index contributed by atoms with van der Waals surface area (Å²) in [6, 6.07) is 12.4. The lowest BCUT2D eigenvalue weighted by atomic mass is 9.44. The topological polar surface area (TPSA) is 264 Å². The number of ketones is 2. The molecule has 0 radical (unpaired) electrons. The summed E-state index contributed by atoms with van der Waals surface area (Å²) in [5.41, 5.74) is -5.59. The molecule has 65 heavy (non-hydrogen) atoms. The van der Waals surface area contributed by atoms with Gasteiger partial charge in [0.25, 0.3) is 0 Å². The number of ether oxygens (including phenoxy) is 2. The Morgan fingerprint density at radius 3 is 2.43 bits per heavy atom. The maximum Gasteiger partial charge on any atom is 0.470 e. The Kier molecular flexibility index (Phi) is 13.6. The van der Waals surface area contributed by atoms with E-state index in [1.807, 2.05) is 0 Å². The normalized spacial score (nSPS) is 32.8. The summed E-state index contributed by atoms with van der Waals surface area (Å²) in [7, 11) is -5.19. The third-order valence-electron chi connectivity index (χ3n) is 13.8. The molecule has 0 bridgehead atoms. The number of carbonyl (C=O) groups excluding carboxylic acids is 5. The predicted molar refractivity (Wildman–Crippen MR) is 228 cm³/mol. The molecule has 11 atom stereocenters. The summed E-state index contributed by atoms with van der Waals surface area (Å²) >= 11 is 2.97. The van der Waals surface area contributed by atoms with Crippen LogP contribution >= 0.6 is 23.8 Å². The Hall–Kier alpha value is -4.53. The van der Waals surface area contributed by atoms with Gasteiger partial charge in [-0.1, -0.05) is 65.3 Å². The average molecular weight is 993 g/mol. The largest absolute Gasteiger partial charge is 0.481 e. The number of hydrogen-bond acceptors (Lipinski definition) is 11. The molecule has 21 heteroatoms. The van der Waals surface area contributed by atoms with Crippen molar-refractivity contribution in [3.8, 4) is 0 Å². The quantitative estimate of drug-likeness (QED) is 0.0932. The fourth-order valence-corrected chi connectivity index (χ4v) is 11.4. The first kappa shape index (κ1) is 48.4. The number of anilines is 1. The molecule has 17 nitrogen and oxygen atoms in total. The summed E-state index contributed by atoms with van der Waals surface area (Å²) in [5, 5.41) is 28.6. The van der Waals surface area contributed by atoms with Crippen molar-refractivity contribution >= 4 is 64.7 Å². The van der Waals surface area contributed by atoms with Crippen LogP contribution in [0.2, 0.25) is 0 Å². The van der Waals surface area contributed by atoms with Crippen LogP contribution in [0.25, 0.3) is 0 Å². The minimum Gasteiger partial charge on any atom is -0.481 e. The number of amides is 3. The number of carboxylic acids is 1. The van der Waals surface area contributed by atoms with Gasteiger partial charge in [0, 0.05) is 34.4 Å². The van der Waals surface area contributed by atoms with Crippen molar-refractivity contribution in [1.29, 1.82) is 0 Å². The van der Waals surface area contributed by atoms with E-state index < -0.39 is 140 Å². The van der Waals surface area contributed by atoms with Gasteiger partial charge >= 0.3 is 13.8 Å². The van der Waals surface area contributed by atoms with Crippen LogP contribution in [0.1, 0.15) is 68.9 Å². The highest BCUT2D eigenvalue weighted by Gasteiger charge is 2.80. The number of rotatable bonds is 16.